The van der Waals surface area contributed by atoms with Gasteiger partial charge in [0.15, 0.2) is 0 Å². The van der Waals surface area contributed by atoms with Crippen LogP contribution in [0.3, 0.4) is 0 Å². The van der Waals surface area contributed by atoms with Gasteiger partial charge in [-0.3, -0.25) is 0 Å². The third-order valence-corrected chi connectivity index (χ3v) is 3.73. The molecule has 1 unspecified atom stereocenters. The Balaban J connectivity index is 1.94. The average Bonchev–Trinajstić information content (AvgIpc) is 2.80. The van der Waals surface area contributed by atoms with E-state index in [1.165, 1.54) is 50.5 Å². The third-order valence-electron chi connectivity index (χ3n) is 3.73. The summed E-state index contributed by atoms with van der Waals surface area (Å²) in [4.78, 5) is 0. The first-order valence-corrected chi connectivity index (χ1v) is 6.42. The van der Waals surface area contributed by atoms with Gasteiger partial charge in [-0.1, -0.05) is 30.9 Å². The first kappa shape index (κ1) is 11.2. The van der Waals surface area contributed by atoms with Crippen LogP contribution in [0, 0.1) is 5.92 Å². The van der Waals surface area contributed by atoms with Crippen LogP contribution in [0.4, 0.5) is 0 Å². The Labute approximate surface area is 92.9 Å². The molecule has 0 spiro atoms. The van der Waals surface area contributed by atoms with Crippen molar-refractivity contribution in [3.63, 3.8) is 0 Å². The van der Waals surface area contributed by atoms with Gasteiger partial charge in [-0.25, -0.2) is 0 Å². The van der Waals surface area contributed by atoms with E-state index in [4.69, 9.17) is 10.5 Å². The molecule has 2 fully saturated rings. The van der Waals surface area contributed by atoms with Crippen molar-refractivity contribution in [2.24, 2.45) is 11.7 Å². The fourth-order valence-corrected chi connectivity index (χ4v) is 2.82. The molecule has 2 heteroatoms. The highest BCUT2D eigenvalue weighted by Crippen LogP contribution is 2.30. The lowest BCUT2D eigenvalue weighted by Crippen LogP contribution is -2.18. The minimum absolute atomic E-state index is 0.366. The van der Waals surface area contributed by atoms with Gasteiger partial charge in [-0.05, 0) is 31.6 Å². The Morgan fingerprint density at radius 3 is 2.53 bits per heavy atom. The lowest BCUT2D eigenvalue weighted by Gasteiger charge is -2.24. The van der Waals surface area contributed by atoms with E-state index in [-0.39, 0.29) is 0 Å². The van der Waals surface area contributed by atoms with Crippen LogP contribution in [0.25, 0.3) is 0 Å². The van der Waals surface area contributed by atoms with Gasteiger partial charge in [0.1, 0.15) is 0 Å². The highest BCUT2D eigenvalue weighted by Gasteiger charge is 2.20. The molecular weight excluding hydrogens is 186 g/mol. The Kier molecular flexibility index (Phi) is 4.21. The molecule has 1 aliphatic heterocycles. The average molecular weight is 209 g/mol. The highest BCUT2D eigenvalue weighted by molar-refractivity contribution is 5.12. The largest absolute Gasteiger partial charge is 0.374 e. The minimum atomic E-state index is 0.366. The lowest BCUT2D eigenvalue weighted by molar-refractivity contribution is 0.144. The first-order chi connectivity index (χ1) is 7.40. The second kappa shape index (κ2) is 5.66. The summed E-state index contributed by atoms with van der Waals surface area (Å²) in [6.45, 7) is 1.66. The van der Waals surface area contributed by atoms with Gasteiger partial charge in [0.2, 0.25) is 0 Å². The van der Waals surface area contributed by atoms with Crippen LogP contribution >= 0.6 is 0 Å². The SMILES string of the molecule is NCC(=CC1CCCO1)C1CCCCC1. The zero-order valence-corrected chi connectivity index (χ0v) is 9.58. The summed E-state index contributed by atoms with van der Waals surface area (Å²) in [5, 5.41) is 0. The second-order valence-electron chi connectivity index (χ2n) is 4.83. The predicted molar refractivity (Wildman–Crippen MR) is 62.7 cm³/mol. The zero-order valence-electron chi connectivity index (χ0n) is 9.58. The smallest absolute Gasteiger partial charge is 0.0759 e. The Bertz CT molecular complexity index is 213. The van der Waals surface area contributed by atoms with E-state index in [2.05, 4.69) is 6.08 Å². The fourth-order valence-electron chi connectivity index (χ4n) is 2.82. The van der Waals surface area contributed by atoms with Gasteiger partial charge in [0.05, 0.1) is 6.10 Å². The van der Waals surface area contributed by atoms with E-state index in [0.717, 1.165) is 19.1 Å². The molecule has 0 radical (unpaired) electrons. The van der Waals surface area contributed by atoms with Gasteiger partial charge in [0.25, 0.3) is 0 Å². The van der Waals surface area contributed by atoms with Gasteiger partial charge >= 0.3 is 0 Å². The molecule has 2 N–H and O–H groups in total. The number of hydrogen-bond acceptors (Lipinski definition) is 2. The summed E-state index contributed by atoms with van der Waals surface area (Å²) in [7, 11) is 0. The number of ether oxygens (including phenoxy) is 1. The van der Waals surface area contributed by atoms with Crippen LogP contribution in [0.15, 0.2) is 11.6 Å². The third kappa shape index (κ3) is 3.05. The maximum atomic E-state index is 5.86. The molecule has 0 aromatic rings. The van der Waals surface area contributed by atoms with Crippen molar-refractivity contribution in [1.82, 2.24) is 0 Å². The fraction of sp³-hybridized carbons (Fsp3) is 0.846. The maximum absolute atomic E-state index is 5.86. The van der Waals surface area contributed by atoms with E-state index >= 15 is 0 Å². The quantitative estimate of drug-likeness (QED) is 0.725. The van der Waals surface area contributed by atoms with Crippen molar-refractivity contribution in [1.29, 1.82) is 0 Å². The van der Waals surface area contributed by atoms with Crippen LogP contribution in [0.1, 0.15) is 44.9 Å². The van der Waals surface area contributed by atoms with Gasteiger partial charge in [-0.15, -0.1) is 0 Å². The summed E-state index contributed by atoms with van der Waals surface area (Å²) >= 11 is 0. The molecule has 0 aromatic heterocycles. The maximum Gasteiger partial charge on any atom is 0.0759 e. The normalized spacial score (nSPS) is 29.7. The van der Waals surface area contributed by atoms with E-state index in [1.54, 1.807) is 0 Å². The molecule has 2 aliphatic rings. The summed E-state index contributed by atoms with van der Waals surface area (Å²) in [6, 6.07) is 0. The molecule has 1 saturated heterocycles. The summed E-state index contributed by atoms with van der Waals surface area (Å²) in [5.41, 5.74) is 7.32. The zero-order chi connectivity index (χ0) is 10.5. The van der Waals surface area contributed by atoms with Crippen LogP contribution in [-0.4, -0.2) is 19.3 Å². The van der Waals surface area contributed by atoms with Crippen LogP contribution < -0.4 is 5.73 Å². The topological polar surface area (TPSA) is 35.2 Å². The van der Waals surface area contributed by atoms with Crippen molar-refractivity contribution < 1.29 is 4.74 Å². The molecule has 1 aliphatic carbocycles. The molecule has 2 rings (SSSR count). The molecular formula is C13H23NO. The van der Waals surface area contributed by atoms with Gasteiger partial charge < -0.3 is 10.5 Å². The van der Waals surface area contributed by atoms with E-state index in [9.17, 15) is 0 Å². The molecule has 15 heavy (non-hydrogen) atoms. The molecule has 0 bridgehead atoms. The summed E-state index contributed by atoms with van der Waals surface area (Å²) in [6.07, 6.45) is 12.0. The number of nitrogens with two attached hydrogens (primary N) is 1. The molecule has 1 atom stereocenters. The molecule has 0 amide bonds. The summed E-state index contributed by atoms with van der Waals surface area (Å²) < 4.78 is 5.64. The van der Waals surface area contributed by atoms with Crippen molar-refractivity contribution >= 4 is 0 Å². The van der Waals surface area contributed by atoms with Crippen molar-refractivity contribution in [2.45, 2.75) is 51.0 Å². The van der Waals surface area contributed by atoms with Crippen molar-refractivity contribution in [3.05, 3.63) is 11.6 Å². The molecule has 1 saturated carbocycles. The Hall–Kier alpha value is -0.340. The van der Waals surface area contributed by atoms with Crippen LogP contribution in [-0.2, 0) is 4.74 Å². The van der Waals surface area contributed by atoms with E-state index < -0.39 is 0 Å². The van der Waals surface area contributed by atoms with Gasteiger partial charge in [0, 0.05) is 13.2 Å². The van der Waals surface area contributed by atoms with E-state index in [0.29, 0.717) is 6.10 Å². The summed E-state index contributed by atoms with van der Waals surface area (Å²) in [5.74, 6) is 0.757. The number of hydrogen-bond donors (Lipinski definition) is 1. The molecule has 2 nitrogen and oxygen atoms in total. The molecule has 1 heterocycles. The van der Waals surface area contributed by atoms with E-state index in [1.807, 2.05) is 0 Å². The first-order valence-electron chi connectivity index (χ1n) is 6.42. The lowest BCUT2D eigenvalue weighted by atomic mass is 9.83. The van der Waals surface area contributed by atoms with Crippen LogP contribution in [0.5, 0.6) is 0 Å². The van der Waals surface area contributed by atoms with Crippen LogP contribution in [0.2, 0.25) is 0 Å². The standard InChI is InChI=1S/C13H23NO/c14-10-12(9-13-7-4-8-15-13)11-5-2-1-3-6-11/h9,11,13H,1-8,10,14H2. The van der Waals surface area contributed by atoms with Crippen molar-refractivity contribution in [2.75, 3.05) is 13.2 Å². The van der Waals surface area contributed by atoms with Crippen molar-refractivity contribution in [3.8, 4) is 0 Å². The number of rotatable bonds is 3. The highest BCUT2D eigenvalue weighted by atomic mass is 16.5. The monoisotopic (exact) mass is 209 g/mol. The molecule has 0 aromatic carbocycles. The predicted octanol–water partition coefficient (Wildman–Crippen LogP) is 2.63. The Morgan fingerprint density at radius 2 is 1.93 bits per heavy atom. The Morgan fingerprint density at radius 1 is 1.13 bits per heavy atom. The van der Waals surface area contributed by atoms with Gasteiger partial charge in [-0.2, -0.15) is 0 Å². The second-order valence-corrected chi connectivity index (χ2v) is 4.83. The molecule has 86 valence electrons. The minimum Gasteiger partial charge on any atom is -0.374 e.